The number of anilines is 1. The monoisotopic (exact) mass is 423 g/mol. The van der Waals surface area contributed by atoms with Crippen LogP contribution in [0, 0.1) is 0 Å². The maximum absolute atomic E-state index is 12.3. The molecule has 0 aromatic heterocycles. The maximum Gasteiger partial charge on any atom is 0.253 e. The van der Waals surface area contributed by atoms with Gasteiger partial charge in [-0.05, 0) is 61.2 Å². The van der Waals surface area contributed by atoms with Crippen LogP contribution in [0.2, 0.25) is 0 Å². The van der Waals surface area contributed by atoms with Crippen molar-refractivity contribution in [3.05, 3.63) is 65.2 Å². The smallest absolute Gasteiger partial charge is 0.253 e. The number of benzene rings is 2. The highest BCUT2D eigenvalue weighted by molar-refractivity contribution is 5.96. The van der Waals surface area contributed by atoms with Crippen LogP contribution in [0.15, 0.2) is 48.5 Å². The summed E-state index contributed by atoms with van der Waals surface area (Å²) in [6.07, 6.45) is 0.159. The normalized spacial score (nSPS) is 11.0. The van der Waals surface area contributed by atoms with Crippen molar-refractivity contribution < 1.29 is 14.4 Å². The van der Waals surface area contributed by atoms with Gasteiger partial charge in [0.1, 0.15) is 0 Å². The first-order chi connectivity index (χ1) is 14.7. The number of amides is 3. The Kier molecular flexibility index (Phi) is 8.37. The molecule has 0 spiro atoms. The summed E-state index contributed by atoms with van der Waals surface area (Å²) in [5.74, 6) is -0.431. The highest BCUT2D eigenvalue weighted by Crippen LogP contribution is 2.22. The topological polar surface area (TPSA) is 78.5 Å². The second-order valence-corrected chi connectivity index (χ2v) is 8.44. The van der Waals surface area contributed by atoms with Crippen LogP contribution in [0.25, 0.3) is 0 Å². The Morgan fingerprint density at radius 3 is 1.90 bits per heavy atom. The summed E-state index contributed by atoms with van der Waals surface area (Å²) < 4.78 is 0. The standard InChI is InChI=1S/C25H33N3O3/c1-6-28(7-2)24(31)19-10-14-21(15-11-19)27-22(29)16-17-26-23(30)18-8-12-20(13-9-18)25(3,4)5/h8-15H,6-7,16-17H2,1-5H3,(H,26,30)(H,27,29). The van der Waals surface area contributed by atoms with E-state index in [1.165, 1.54) is 0 Å². The van der Waals surface area contributed by atoms with Crippen molar-refractivity contribution in [1.82, 2.24) is 10.2 Å². The van der Waals surface area contributed by atoms with Crippen LogP contribution in [0.1, 0.15) is 67.3 Å². The van der Waals surface area contributed by atoms with Gasteiger partial charge < -0.3 is 15.5 Å². The number of hydrogen-bond donors (Lipinski definition) is 2. The van der Waals surface area contributed by atoms with Crippen LogP contribution >= 0.6 is 0 Å². The van der Waals surface area contributed by atoms with Gasteiger partial charge in [0.15, 0.2) is 0 Å². The average Bonchev–Trinajstić information content (AvgIpc) is 2.74. The maximum atomic E-state index is 12.3. The highest BCUT2D eigenvalue weighted by atomic mass is 16.2. The zero-order chi connectivity index (χ0) is 23.0. The van der Waals surface area contributed by atoms with E-state index in [-0.39, 0.29) is 36.1 Å². The lowest BCUT2D eigenvalue weighted by atomic mass is 9.87. The fourth-order valence-electron chi connectivity index (χ4n) is 3.13. The van der Waals surface area contributed by atoms with Crippen molar-refractivity contribution in [2.75, 3.05) is 25.0 Å². The van der Waals surface area contributed by atoms with Crippen LogP contribution < -0.4 is 10.6 Å². The van der Waals surface area contributed by atoms with E-state index in [0.717, 1.165) is 5.56 Å². The molecule has 0 aliphatic rings. The van der Waals surface area contributed by atoms with Gasteiger partial charge in [0, 0.05) is 42.9 Å². The SMILES string of the molecule is CCN(CC)C(=O)c1ccc(NC(=O)CCNC(=O)c2ccc(C(C)(C)C)cc2)cc1. The molecular formula is C25H33N3O3. The Bertz CT molecular complexity index is 893. The summed E-state index contributed by atoms with van der Waals surface area (Å²) >= 11 is 0. The Morgan fingerprint density at radius 1 is 0.839 bits per heavy atom. The minimum atomic E-state index is -0.203. The van der Waals surface area contributed by atoms with Gasteiger partial charge in [0.05, 0.1) is 0 Å². The number of carbonyl (C=O) groups is 3. The largest absolute Gasteiger partial charge is 0.352 e. The molecule has 2 aromatic carbocycles. The van der Waals surface area contributed by atoms with Crippen LogP contribution in [0.3, 0.4) is 0 Å². The zero-order valence-electron chi connectivity index (χ0n) is 19.1. The first-order valence-electron chi connectivity index (χ1n) is 10.7. The van der Waals surface area contributed by atoms with Gasteiger partial charge >= 0.3 is 0 Å². The number of nitrogens with zero attached hydrogens (tertiary/aromatic N) is 1. The minimum absolute atomic E-state index is 0.0267. The summed E-state index contributed by atoms with van der Waals surface area (Å²) in [5.41, 5.74) is 2.97. The van der Waals surface area contributed by atoms with Crippen molar-refractivity contribution in [2.45, 2.75) is 46.5 Å². The number of nitrogens with one attached hydrogen (secondary N) is 2. The summed E-state index contributed by atoms with van der Waals surface area (Å²) in [5, 5.41) is 5.56. The molecule has 166 valence electrons. The molecule has 0 aliphatic carbocycles. The minimum Gasteiger partial charge on any atom is -0.352 e. The first-order valence-corrected chi connectivity index (χ1v) is 10.7. The Morgan fingerprint density at radius 2 is 1.39 bits per heavy atom. The van der Waals surface area contributed by atoms with E-state index < -0.39 is 0 Å². The third kappa shape index (κ3) is 6.95. The molecule has 3 amide bonds. The van der Waals surface area contributed by atoms with Gasteiger partial charge in [0.25, 0.3) is 11.8 Å². The molecule has 0 heterocycles. The fourth-order valence-corrected chi connectivity index (χ4v) is 3.13. The molecule has 6 heteroatoms. The predicted octanol–water partition coefficient (Wildman–Crippen LogP) is 4.22. The van der Waals surface area contributed by atoms with Crippen molar-refractivity contribution in [3.8, 4) is 0 Å². The van der Waals surface area contributed by atoms with Crippen LogP contribution in [-0.2, 0) is 10.2 Å². The molecule has 0 aliphatic heterocycles. The average molecular weight is 424 g/mol. The van der Waals surface area contributed by atoms with Gasteiger partial charge in [-0.25, -0.2) is 0 Å². The molecular weight excluding hydrogens is 390 g/mol. The van der Waals surface area contributed by atoms with Gasteiger partial charge in [0.2, 0.25) is 5.91 Å². The lowest BCUT2D eigenvalue weighted by molar-refractivity contribution is -0.116. The van der Waals surface area contributed by atoms with Crippen LogP contribution in [0.4, 0.5) is 5.69 Å². The second kappa shape index (κ2) is 10.8. The number of rotatable bonds is 8. The zero-order valence-corrected chi connectivity index (χ0v) is 19.1. The van der Waals surface area contributed by atoms with Gasteiger partial charge in [-0.15, -0.1) is 0 Å². The quantitative estimate of drug-likeness (QED) is 0.667. The van der Waals surface area contributed by atoms with Crippen molar-refractivity contribution >= 4 is 23.4 Å². The lowest BCUT2D eigenvalue weighted by Gasteiger charge is -2.19. The summed E-state index contributed by atoms with van der Waals surface area (Å²) in [7, 11) is 0. The van der Waals surface area contributed by atoms with Crippen molar-refractivity contribution in [2.24, 2.45) is 0 Å². The molecule has 2 N–H and O–H groups in total. The summed E-state index contributed by atoms with van der Waals surface area (Å²) in [6.45, 7) is 11.8. The molecule has 0 atom stereocenters. The van der Waals surface area contributed by atoms with Gasteiger partial charge in [-0.2, -0.15) is 0 Å². The third-order valence-corrected chi connectivity index (χ3v) is 5.12. The number of hydrogen-bond acceptors (Lipinski definition) is 3. The van der Waals surface area contributed by atoms with E-state index in [4.69, 9.17) is 0 Å². The van der Waals surface area contributed by atoms with E-state index in [0.29, 0.717) is 29.9 Å². The van der Waals surface area contributed by atoms with E-state index in [9.17, 15) is 14.4 Å². The molecule has 0 saturated carbocycles. The molecule has 0 radical (unpaired) electrons. The molecule has 0 fully saturated rings. The summed E-state index contributed by atoms with van der Waals surface area (Å²) in [4.78, 5) is 38.5. The van der Waals surface area contributed by atoms with Crippen LogP contribution in [-0.4, -0.2) is 42.3 Å². The summed E-state index contributed by atoms with van der Waals surface area (Å²) in [6, 6.07) is 14.4. The van der Waals surface area contributed by atoms with Gasteiger partial charge in [-0.1, -0.05) is 32.9 Å². The van der Waals surface area contributed by atoms with E-state index in [1.807, 2.05) is 26.0 Å². The van der Waals surface area contributed by atoms with Crippen molar-refractivity contribution in [3.63, 3.8) is 0 Å². The molecule has 31 heavy (non-hydrogen) atoms. The second-order valence-electron chi connectivity index (χ2n) is 8.44. The molecule has 0 bridgehead atoms. The Balaban J connectivity index is 1.81. The van der Waals surface area contributed by atoms with E-state index in [1.54, 1.807) is 41.3 Å². The molecule has 2 aromatic rings. The Hall–Kier alpha value is -3.15. The molecule has 0 unspecified atom stereocenters. The van der Waals surface area contributed by atoms with E-state index in [2.05, 4.69) is 31.4 Å². The first kappa shape index (κ1) is 24.1. The van der Waals surface area contributed by atoms with Crippen molar-refractivity contribution in [1.29, 1.82) is 0 Å². The number of carbonyl (C=O) groups excluding carboxylic acids is 3. The third-order valence-electron chi connectivity index (χ3n) is 5.12. The fraction of sp³-hybridized carbons (Fsp3) is 0.400. The van der Waals surface area contributed by atoms with Crippen LogP contribution in [0.5, 0.6) is 0 Å². The predicted molar refractivity (Wildman–Crippen MR) is 124 cm³/mol. The van der Waals surface area contributed by atoms with Gasteiger partial charge in [-0.3, -0.25) is 14.4 Å². The molecule has 0 saturated heterocycles. The van der Waals surface area contributed by atoms with E-state index >= 15 is 0 Å². The molecule has 2 rings (SSSR count). The molecule has 6 nitrogen and oxygen atoms in total. The highest BCUT2D eigenvalue weighted by Gasteiger charge is 2.15. The Labute approximate surface area is 185 Å². The lowest BCUT2D eigenvalue weighted by Crippen LogP contribution is -2.30.